The van der Waals surface area contributed by atoms with Gasteiger partial charge in [-0.25, -0.2) is 9.80 Å². The van der Waals surface area contributed by atoms with Gasteiger partial charge in [0.2, 0.25) is 5.91 Å². The Morgan fingerprint density at radius 2 is 2.11 bits per heavy atom. The Kier molecular flexibility index (Phi) is 3.51. The van der Waals surface area contributed by atoms with Crippen molar-refractivity contribution in [2.75, 3.05) is 13.6 Å². The van der Waals surface area contributed by atoms with Gasteiger partial charge in [0, 0.05) is 13.0 Å². The van der Waals surface area contributed by atoms with Gasteiger partial charge >= 0.3 is 5.97 Å². The van der Waals surface area contributed by atoms with Gasteiger partial charge in [-0.2, -0.15) is 0 Å². The van der Waals surface area contributed by atoms with E-state index in [2.05, 4.69) is 5.32 Å². The highest BCUT2D eigenvalue weighted by Crippen LogP contribution is 2.24. The van der Waals surface area contributed by atoms with E-state index in [1.54, 1.807) is 7.05 Å². The molecule has 2 aliphatic heterocycles. The van der Waals surface area contributed by atoms with E-state index in [1.165, 1.54) is 5.01 Å². The van der Waals surface area contributed by atoms with Gasteiger partial charge in [0.25, 0.3) is 5.91 Å². The lowest BCUT2D eigenvalue weighted by molar-refractivity contribution is -0.180. The van der Waals surface area contributed by atoms with Gasteiger partial charge < -0.3 is 10.4 Å². The third kappa shape index (κ3) is 2.05. The Morgan fingerprint density at radius 1 is 1.39 bits per heavy atom. The molecule has 2 fully saturated rings. The molecule has 2 aliphatic rings. The molecular weight excluding hydrogens is 238 g/mol. The van der Waals surface area contributed by atoms with Crippen LogP contribution in [-0.4, -0.2) is 58.6 Å². The fraction of sp³-hybridized carbons (Fsp3) is 0.727. The van der Waals surface area contributed by atoms with Crippen molar-refractivity contribution in [3.05, 3.63) is 0 Å². The van der Waals surface area contributed by atoms with E-state index in [9.17, 15) is 19.5 Å². The zero-order chi connectivity index (χ0) is 13.3. The van der Waals surface area contributed by atoms with Crippen LogP contribution in [0.4, 0.5) is 0 Å². The van der Waals surface area contributed by atoms with Crippen LogP contribution in [0.15, 0.2) is 0 Å². The molecule has 0 aromatic carbocycles. The quantitative estimate of drug-likeness (QED) is 0.673. The van der Waals surface area contributed by atoms with Crippen LogP contribution in [0.1, 0.15) is 25.7 Å². The predicted molar refractivity (Wildman–Crippen MR) is 61.3 cm³/mol. The lowest BCUT2D eigenvalue weighted by Crippen LogP contribution is -2.61. The topological polar surface area (TPSA) is 89.9 Å². The van der Waals surface area contributed by atoms with Gasteiger partial charge in [-0.15, -0.1) is 0 Å². The third-order valence-corrected chi connectivity index (χ3v) is 3.49. The second-order valence-electron chi connectivity index (χ2n) is 4.58. The zero-order valence-electron chi connectivity index (χ0n) is 10.3. The molecule has 0 spiro atoms. The Bertz CT molecular complexity index is 384. The van der Waals surface area contributed by atoms with Gasteiger partial charge in [-0.05, 0) is 26.3 Å². The standard InChI is InChI=1S/C11H17N3O4/c1-12-7-4-5-9(15)13-6-2-3-8(11(17)18)14(13)10(7)16/h7-8,12H,2-6H2,1H3,(H,17,18). The summed E-state index contributed by atoms with van der Waals surface area (Å²) in [5, 5.41) is 14.5. The fourth-order valence-electron chi connectivity index (χ4n) is 2.53. The number of amides is 2. The number of hydrazine groups is 1. The summed E-state index contributed by atoms with van der Waals surface area (Å²) in [6.45, 7) is 0.421. The van der Waals surface area contributed by atoms with Gasteiger partial charge in [0.05, 0.1) is 6.04 Å². The van der Waals surface area contributed by atoms with E-state index in [4.69, 9.17) is 0 Å². The molecule has 18 heavy (non-hydrogen) atoms. The second-order valence-corrected chi connectivity index (χ2v) is 4.58. The van der Waals surface area contributed by atoms with Crippen molar-refractivity contribution in [3.8, 4) is 0 Å². The van der Waals surface area contributed by atoms with Crippen molar-refractivity contribution in [1.29, 1.82) is 0 Å². The number of hydrogen-bond acceptors (Lipinski definition) is 4. The molecule has 2 heterocycles. The molecule has 2 amide bonds. The number of carboxylic acid groups (broad SMARTS) is 1. The Morgan fingerprint density at radius 3 is 2.72 bits per heavy atom. The van der Waals surface area contributed by atoms with Crippen molar-refractivity contribution in [3.63, 3.8) is 0 Å². The lowest BCUT2D eigenvalue weighted by Gasteiger charge is -2.41. The van der Waals surface area contributed by atoms with Crippen LogP contribution in [-0.2, 0) is 14.4 Å². The van der Waals surface area contributed by atoms with E-state index in [0.29, 0.717) is 25.8 Å². The van der Waals surface area contributed by atoms with Crippen LogP contribution in [0.3, 0.4) is 0 Å². The highest BCUT2D eigenvalue weighted by molar-refractivity contribution is 5.91. The van der Waals surface area contributed by atoms with Crippen LogP contribution >= 0.6 is 0 Å². The minimum absolute atomic E-state index is 0.174. The highest BCUT2D eigenvalue weighted by Gasteiger charge is 2.43. The van der Waals surface area contributed by atoms with E-state index < -0.39 is 18.1 Å². The summed E-state index contributed by atoms with van der Waals surface area (Å²) < 4.78 is 0. The molecule has 100 valence electrons. The van der Waals surface area contributed by atoms with Gasteiger partial charge in [-0.1, -0.05) is 0 Å². The first-order chi connectivity index (χ1) is 8.56. The molecular formula is C11H17N3O4. The maximum atomic E-state index is 12.3. The van der Waals surface area contributed by atoms with Gasteiger partial charge in [0.15, 0.2) is 6.04 Å². The lowest BCUT2D eigenvalue weighted by atomic mass is 10.1. The summed E-state index contributed by atoms with van der Waals surface area (Å²) in [7, 11) is 1.64. The van der Waals surface area contributed by atoms with E-state index in [1.807, 2.05) is 0 Å². The number of rotatable bonds is 2. The normalized spacial score (nSPS) is 28.9. The highest BCUT2D eigenvalue weighted by atomic mass is 16.4. The third-order valence-electron chi connectivity index (χ3n) is 3.49. The van der Waals surface area contributed by atoms with E-state index in [-0.39, 0.29) is 18.2 Å². The van der Waals surface area contributed by atoms with Gasteiger partial charge in [0.1, 0.15) is 0 Å². The molecule has 2 N–H and O–H groups in total. The minimum Gasteiger partial charge on any atom is -0.480 e. The molecule has 2 saturated heterocycles. The number of carboxylic acids is 1. The Hall–Kier alpha value is -1.63. The number of nitrogens with zero attached hydrogens (tertiary/aromatic N) is 2. The smallest absolute Gasteiger partial charge is 0.328 e. The molecule has 0 aromatic heterocycles. The molecule has 2 rings (SSSR count). The first-order valence-electron chi connectivity index (χ1n) is 6.09. The first kappa shape index (κ1) is 12.8. The number of hydrogen-bond donors (Lipinski definition) is 2. The molecule has 2 atom stereocenters. The molecule has 7 nitrogen and oxygen atoms in total. The molecule has 0 bridgehead atoms. The summed E-state index contributed by atoms with van der Waals surface area (Å²) in [6, 6.07) is -1.41. The Balaban J connectivity index is 2.34. The summed E-state index contributed by atoms with van der Waals surface area (Å²) in [5.41, 5.74) is 0. The number of nitrogens with one attached hydrogen (secondary N) is 1. The second kappa shape index (κ2) is 4.93. The average molecular weight is 255 g/mol. The predicted octanol–water partition coefficient (Wildman–Crippen LogP) is -0.813. The average Bonchev–Trinajstić information content (AvgIpc) is 2.48. The maximum Gasteiger partial charge on any atom is 0.328 e. The minimum atomic E-state index is -1.06. The fourth-order valence-corrected chi connectivity index (χ4v) is 2.53. The number of likely N-dealkylation sites (N-methyl/N-ethyl adjacent to an activating group) is 1. The van der Waals surface area contributed by atoms with Crippen molar-refractivity contribution >= 4 is 17.8 Å². The Labute approximate surface area is 105 Å². The van der Waals surface area contributed by atoms with Crippen LogP contribution < -0.4 is 5.32 Å². The number of carbonyl (C=O) groups excluding carboxylic acids is 2. The van der Waals surface area contributed by atoms with Crippen LogP contribution in [0, 0.1) is 0 Å². The largest absolute Gasteiger partial charge is 0.480 e. The monoisotopic (exact) mass is 255 g/mol. The number of fused-ring (bicyclic) bond motifs is 1. The summed E-state index contributed by atoms with van der Waals surface area (Å²) >= 11 is 0. The van der Waals surface area contributed by atoms with Gasteiger partial charge in [-0.3, -0.25) is 14.6 Å². The molecule has 0 aromatic rings. The van der Waals surface area contributed by atoms with Crippen molar-refractivity contribution in [1.82, 2.24) is 15.3 Å². The molecule has 0 radical (unpaired) electrons. The van der Waals surface area contributed by atoms with Crippen LogP contribution in [0.2, 0.25) is 0 Å². The number of aliphatic carboxylic acids is 1. The summed E-state index contributed by atoms with van der Waals surface area (Å²) in [6.07, 6.45) is 1.67. The summed E-state index contributed by atoms with van der Waals surface area (Å²) in [4.78, 5) is 35.4. The van der Waals surface area contributed by atoms with E-state index >= 15 is 0 Å². The van der Waals surface area contributed by atoms with Crippen molar-refractivity contribution < 1.29 is 19.5 Å². The summed E-state index contributed by atoms with van der Waals surface area (Å²) in [5.74, 6) is -1.56. The van der Waals surface area contributed by atoms with Crippen molar-refractivity contribution in [2.24, 2.45) is 0 Å². The molecule has 7 heteroatoms. The molecule has 0 aliphatic carbocycles. The molecule has 2 unspecified atom stereocenters. The van der Waals surface area contributed by atoms with Crippen molar-refractivity contribution in [2.45, 2.75) is 37.8 Å². The maximum absolute atomic E-state index is 12.3. The zero-order valence-corrected chi connectivity index (χ0v) is 10.3. The van der Waals surface area contributed by atoms with E-state index in [0.717, 1.165) is 5.01 Å². The SMILES string of the molecule is CNC1CCC(=O)N2CCCC(C(=O)O)N2C1=O. The van der Waals surface area contributed by atoms with Crippen LogP contribution in [0.5, 0.6) is 0 Å². The molecule has 0 saturated carbocycles. The first-order valence-corrected chi connectivity index (χ1v) is 6.09. The number of carbonyl (C=O) groups is 3. The van der Waals surface area contributed by atoms with Crippen LogP contribution in [0.25, 0.3) is 0 Å².